The lowest BCUT2D eigenvalue weighted by molar-refractivity contribution is 1.11. The van der Waals surface area contributed by atoms with Crippen molar-refractivity contribution in [2.45, 2.75) is 0 Å². The molecule has 0 spiro atoms. The van der Waals surface area contributed by atoms with Crippen LogP contribution < -0.4 is 0 Å². The van der Waals surface area contributed by atoms with Crippen molar-refractivity contribution in [1.82, 2.24) is 9.55 Å². The van der Waals surface area contributed by atoms with Crippen LogP contribution >= 0.6 is 0 Å². The van der Waals surface area contributed by atoms with Crippen LogP contribution in [0.1, 0.15) is 5.56 Å². The molecule has 0 fully saturated rings. The molecule has 1 aromatic carbocycles. The normalized spacial score (nSPS) is 9.38. The van der Waals surface area contributed by atoms with E-state index in [4.69, 9.17) is 10.5 Å². The number of nitriles is 2. The molecule has 0 aliphatic carbocycles. The molecule has 4 heteroatoms. The average Bonchev–Trinajstić information content (AvgIpc) is 2.59. The van der Waals surface area contributed by atoms with E-state index >= 15 is 0 Å². The Morgan fingerprint density at radius 3 is 2.85 bits per heavy atom. The smallest absolute Gasteiger partial charge is 0.190 e. The Labute approximate surface area is 74.3 Å². The second kappa shape index (κ2) is 2.62. The zero-order valence-electron chi connectivity index (χ0n) is 6.60. The lowest BCUT2D eigenvalue weighted by Crippen LogP contribution is -1.84. The SMILES string of the molecule is N#Cc1ccc2ncn(C#N)c2c1. The van der Waals surface area contributed by atoms with E-state index in [1.807, 2.05) is 12.3 Å². The summed E-state index contributed by atoms with van der Waals surface area (Å²) in [6.45, 7) is 0. The number of rotatable bonds is 0. The molecular formula is C9H4N4. The van der Waals surface area contributed by atoms with Crippen molar-refractivity contribution in [2.75, 3.05) is 0 Å². The van der Waals surface area contributed by atoms with E-state index in [0.717, 1.165) is 5.52 Å². The van der Waals surface area contributed by atoms with Crippen molar-refractivity contribution in [2.24, 2.45) is 0 Å². The van der Waals surface area contributed by atoms with E-state index in [1.54, 1.807) is 18.2 Å². The summed E-state index contributed by atoms with van der Waals surface area (Å²) in [5.74, 6) is 0. The quantitative estimate of drug-likeness (QED) is 0.594. The van der Waals surface area contributed by atoms with Gasteiger partial charge < -0.3 is 0 Å². The summed E-state index contributed by atoms with van der Waals surface area (Å²) in [6, 6.07) is 7.06. The van der Waals surface area contributed by atoms with Crippen LogP contribution in [-0.2, 0) is 0 Å². The molecule has 0 bridgehead atoms. The molecule has 0 aliphatic heterocycles. The predicted octanol–water partition coefficient (Wildman–Crippen LogP) is 1.24. The van der Waals surface area contributed by atoms with Gasteiger partial charge in [0.05, 0.1) is 22.7 Å². The summed E-state index contributed by atoms with van der Waals surface area (Å²) in [7, 11) is 0. The maximum absolute atomic E-state index is 8.68. The largest absolute Gasteiger partial charge is 0.236 e. The molecule has 0 unspecified atom stereocenters. The van der Waals surface area contributed by atoms with Crippen LogP contribution in [0.15, 0.2) is 24.5 Å². The predicted molar refractivity (Wildman–Crippen MR) is 45.5 cm³/mol. The molecule has 0 amide bonds. The first kappa shape index (κ1) is 7.33. The number of nitrogens with zero attached hydrogens (tertiary/aromatic N) is 4. The van der Waals surface area contributed by atoms with Gasteiger partial charge in [0.1, 0.15) is 6.33 Å². The molecule has 0 atom stereocenters. The van der Waals surface area contributed by atoms with Gasteiger partial charge in [0.25, 0.3) is 0 Å². The molecule has 2 aromatic rings. The van der Waals surface area contributed by atoms with E-state index in [0.29, 0.717) is 11.1 Å². The maximum atomic E-state index is 8.68. The molecule has 1 heterocycles. The fraction of sp³-hybridized carbons (Fsp3) is 0. The molecule has 0 saturated heterocycles. The maximum Gasteiger partial charge on any atom is 0.190 e. The number of benzene rings is 1. The first-order chi connectivity index (χ1) is 6.35. The first-order valence-corrected chi connectivity index (χ1v) is 3.62. The number of hydrogen-bond donors (Lipinski definition) is 0. The van der Waals surface area contributed by atoms with E-state index in [-0.39, 0.29) is 0 Å². The van der Waals surface area contributed by atoms with Crippen LogP contribution in [0.25, 0.3) is 11.0 Å². The van der Waals surface area contributed by atoms with E-state index in [1.165, 1.54) is 10.9 Å². The highest BCUT2D eigenvalue weighted by Crippen LogP contribution is 2.13. The van der Waals surface area contributed by atoms with Crippen molar-refractivity contribution in [3.63, 3.8) is 0 Å². The summed E-state index contributed by atoms with van der Waals surface area (Å²) in [5.41, 5.74) is 1.92. The van der Waals surface area contributed by atoms with Crippen molar-refractivity contribution >= 4 is 11.0 Å². The van der Waals surface area contributed by atoms with Crippen molar-refractivity contribution < 1.29 is 0 Å². The topological polar surface area (TPSA) is 65.4 Å². The van der Waals surface area contributed by atoms with Gasteiger partial charge in [-0.15, -0.1) is 0 Å². The van der Waals surface area contributed by atoms with Crippen LogP contribution in [0, 0.1) is 22.8 Å². The van der Waals surface area contributed by atoms with Gasteiger partial charge in [-0.25, -0.2) is 9.55 Å². The van der Waals surface area contributed by atoms with Gasteiger partial charge in [0, 0.05) is 0 Å². The third-order valence-corrected chi connectivity index (χ3v) is 1.78. The van der Waals surface area contributed by atoms with Gasteiger partial charge in [0.2, 0.25) is 0 Å². The van der Waals surface area contributed by atoms with Gasteiger partial charge in [-0.3, -0.25) is 0 Å². The van der Waals surface area contributed by atoms with Gasteiger partial charge in [-0.2, -0.15) is 10.5 Å². The first-order valence-electron chi connectivity index (χ1n) is 3.62. The van der Waals surface area contributed by atoms with E-state index in [2.05, 4.69) is 4.98 Å². The lowest BCUT2D eigenvalue weighted by atomic mass is 10.2. The summed E-state index contributed by atoms with van der Waals surface area (Å²) in [6.07, 6.45) is 3.38. The Morgan fingerprint density at radius 2 is 2.15 bits per heavy atom. The summed E-state index contributed by atoms with van der Waals surface area (Å²) in [5, 5.41) is 17.3. The highest BCUT2D eigenvalue weighted by molar-refractivity contribution is 5.77. The molecule has 4 nitrogen and oxygen atoms in total. The number of imidazole rings is 1. The minimum atomic E-state index is 0.532. The number of aromatic nitrogens is 2. The minimum absolute atomic E-state index is 0.532. The molecule has 0 saturated carbocycles. The average molecular weight is 168 g/mol. The number of fused-ring (bicyclic) bond motifs is 1. The van der Waals surface area contributed by atoms with Gasteiger partial charge in [-0.05, 0) is 18.2 Å². The fourth-order valence-electron chi connectivity index (χ4n) is 1.16. The second-order valence-electron chi connectivity index (χ2n) is 2.53. The number of hydrogen-bond acceptors (Lipinski definition) is 3. The van der Waals surface area contributed by atoms with Crippen LogP contribution in [0.5, 0.6) is 0 Å². The van der Waals surface area contributed by atoms with Gasteiger partial charge >= 0.3 is 0 Å². The van der Waals surface area contributed by atoms with Gasteiger partial charge in [0.15, 0.2) is 6.19 Å². The molecule has 60 valence electrons. The zero-order valence-corrected chi connectivity index (χ0v) is 6.60. The molecule has 0 aliphatic rings. The Hall–Kier alpha value is -2.33. The molecule has 0 N–H and O–H groups in total. The Kier molecular flexibility index (Phi) is 1.47. The molecule has 0 radical (unpaired) electrons. The monoisotopic (exact) mass is 168 g/mol. The Balaban J connectivity index is 2.83. The summed E-state index contributed by atoms with van der Waals surface area (Å²) >= 11 is 0. The van der Waals surface area contributed by atoms with E-state index < -0.39 is 0 Å². The minimum Gasteiger partial charge on any atom is -0.236 e. The Morgan fingerprint density at radius 1 is 1.31 bits per heavy atom. The second-order valence-corrected chi connectivity index (χ2v) is 2.53. The van der Waals surface area contributed by atoms with Crippen molar-refractivity contribution in [3.05, 3.63) is 30.1 Å². The third kappa shape index (κ3) is 1.02. The summed E-state index contributed by atoms with van der Waals surface area (Å²) in [4.78, 5) is 4.00. The molecule has 1 aromatic heterocycles. The van der Waals surface area contributed by atoms with Crippen LogP contribution in [0.3, 0.4) is 0 Å². The van der Waals surface area contributed by atoms with Crippen LogP contribution in [0.2, 0.25) is 0 Å². The molecule has 2 rings (SSSR count). The summed E-state index contributed by atoms with van der Waals surface area (Å²) < 4.78 is 1.33. The van der Waals surface area contributed by atoms with Gasteiger partial charge in [-0.1, -0.05) is 0 Å². The van der Waals surface area contributed by atoms with Crippen LogP contribution in [-0.4, -0.2) is 9.55 Å². The van der Waals surface area contributed by atoms with Crippen LogP contribution in [0.4, 0.5) is 0 Å². The lowest BCUT2D eigenvalue weighted by Gasteiger charge is -1.90. The zero-order chi connectivity index (χ0) is 9.26. The van der Waals surface area contributed by atoms with E-state index in [9.17, 15) is 0 Å². The molecule has 13 heavy (non-hydrogen) atoms. The fourth-order valence-corrected chi connectivity index (χ4v) is 1.16. The highest BCUT2D eigenvalue weighted by atomic mass is 15.0. The van der Waals surface area contributed by atoms with Crippen molar-refractivity contribution in [1.29, 1.82) is 10.5 Å². The molecular weight excluding hydrogens is 164 g/mol. The highest BCUT2D eigenvalue weighted by Gasteiger charge is 2.01. The Bertz CT molecular complexity index is 539. The third-order valence-electron chi connectivity index (χ3n) is 1.78. The van der Waals surface area contributed by atoms with Crippen molar-refractivity contribution in [3.8, 4) is 12.3 Å². The standard InChI is InChI=1S/C9H4N4/c10-4-7-1-2-8-9(3-7)13(5-11)6-12-8/h1-3,6H.